The van der Waals surface area contributed by atoms with Crippen LogP contribution in [0.5, 0.6) is 17.4 Å². The molecule has 0 aliphatic heterocycles. The topological polar surface area (TPSA) is 101 Å². The Morgan fingerprint density at radius 1 is 1.03 bits per heavy atom. The second kappa shape index (κ2) is 11.6. The highest BCUT2D eigenvalue weighted by atomic mass is 19.1. The molecule has 39 heavy (non-hydrogen) atoms. The number of benzene rings is 2. The van der Waals surface area contributed by atoms with Gasteiger partial charge < -0.3 is 24.2 Å². The van der Waals surface area contributed by atoms with Gasteiger partial charge in [0.1, 0.15) is 11.4 Å². The average Bonchev–Trinajstić information content (AvgIpc) is 2.96. The molecule has 1 N–H and O–H groups in total. The smallest absolute Gasteiger partial charge is 0.217 e. The lowest BCUT2D eigenvalue weighted by Gasteiger charge is -2.38. The van der Waals surface area contributed by atoms with Gasteiger partial charge in [-0.3, -0.25) is 4.98 Å². The Morgan fingerprint density at radius 2 is 1.82 bits per heavy atom. The number of aliphatic hydroxyl groups is 1. The summed E-state index contributed by atoms with van der Waals surface area (Å²) in [5.41, 5.74) is 0.192. The van der Waals surface area contributed by atoms with Crippen molar-refractivity contribution < 1.29 is 23.7 Å². The molecule has 8 nitrogen and oxygen atoms in total. The molecule has 4 rings (SSSR count). The molecule has 2 heterocycles. The van der Waals surface area contributed by atoms with Crippen molar-refractivity contribution in [3.63, 3.8) is 0 Å². The maximum absolute atomic E-state index is 16.1. The molecular weight excluding hydrogens is 499 g/mol. The number of fused-ring (bicyclic) bond motifs is 1. The minimum Gasteiger partial charge on any atom is -0.497 e. The molecular formula is C30H31FN4O4. The first kappa shape index (κ1) is 27.8. The van der Waals surface area contributed by atoms with Crippen LogP contribution in [-0.2, 0) is 5.60 Å². The van der Waals surface area contributed by atoms with Gasteiger partial charge in [-0.05, 0) is 56.9 Å². The van der Waals surface area contributed by atoms with Crippen LogP contribution >= 0.6 is 0 Å². The van der Waals surface area contributed by atoms with Gasteiger partial charge in [-0.15, -0.1) is 0 Å². The summed E-state index contributed by atoms with van der Waals surface area (Å²) in [6.45, 7) is 0.458. The Balaban J connectivity index is 2.10. The van der Waals surface area contributed by atoms with E-state index in [2.05, 4.69) is 16.0 Å². The zero-order valence-electron chi connectivity index (χ0n) is 22.6. The van der Waals surface area contributed by atoms with E-state index in [4.69, 9.17) is 14.2 Å². The number of halogens is 1. The molecule has 0 aliphatic rings. The number of ether oxygens (including phenoxy) is 3. The van der Waals surface area contributed by atoms with Crippen molar-refractivity contribution in [2.24, 2.45) is 0 Å². The fraction of sp³-hybridized carbons (Fsp3) is 0.300. The van der Waals surface area contributed by atoms with Gasteiger partial charge in [-0.2, -0.15) is 5.26 Å². The van der Waals surface area contributed by atoms with Crippen LogP contribution in [0.1, 0.15) is 34.7 Å². The van der Waals surface area contributed by atoms with Crippen molar-refractivity contribution in [1.82, 2.24) is 14.9 Å². The zero-order valence-corrected chi connectivity index (χ0v) is 22.6. The Kier molecular flexibility index (Phi) is 8.29. The first-order chi connectivity index (χ1) is 18.7. The lowest BCUT2D eigenvalue weighted by molar-refractivity contribution is -0.00140. The minimum atomic E-state index is -1.75. The molecule has 0 aliphatic carbocycles. The van der Waals surface area contributed by atoms with Crippen LogP contribution in [0.25, 0.3) is 10.9 Å². The summed E-state index contributed by atoms with van der Waals surface area (Å²) in [6, 6.07) is 17.1. The molecule has 0 fully saturated rings. The standard InChI is InChI=1S/C30H31FN4O4/c1-35(2)14-12-30(36,26-17-21(37-3)11-13-33-26)27(22-7-6-8-25(38-4)28(22)31)23-16-20-15-19(18-32)9-10-24(20)34-29(23)39-5/h6-11,13,15-17,27,36H,12,14H2,1-5H3. The molecule has 2 unspecified atom stereocenters. The average molecular weight is 531 g/mol. The molecule has 0 spiro atoms. The van der Waals surface area contributed by atoms with Crippen LogP contribution in [-0.4, -0.2) is 61.9 Å². The van der Waals surface area contributed by atoms with Gasteiger partial charge in [0.2, 0.25) is 5.88 Å². The van der Waals surface area contributed by atoms with Crippen LogP contribution in [0.2, 0.25) is 0 Å². The van der Waals surface area contributed by atoms with E-state index in [9.17, 15) is 10.4 Å². The van der Waals surface area contributed by atoms with E-state index < -0.39 is 17.3 Å². The van der Waals surface area contributed by atoms with Crippen LogP contribution in [0.15, 0.2) is 60.8 Å². The van der Waals surface area contributed by atoms with Crippen LogP contribution in [0.3, 0.4) is 0 Å². The van der Waals surface area contributed by atoms with Gasteiger partial charge in [0.15, 0.2) is 11.6 Å². The van der Waals surface area contributed by atoms with E-state index in [1.54, 1.807) is 54.7 Å². The number of methoxy groups -OCH3 is 3. The lowest BCUT2D eigenvalue weighted by atomic mass is 9.73. The first-order valence-electron chi connectivity index (χ1n) is 12.3. The summed E-state index contributed by atoms with van der Waals surface area (Å²) in [5, 5.41) is 22.8. The number of nitrogens with zero attached hydrogens (tertiary/aromatic N) is 4. The molecule has 202 valence electrons. The number of rotatable bonds is 10. The summed E-state index contributed by atoms with van der Waals surface area (Å²) in [4.78, 5) is 11.1. The summed E-state index contributed by atoms with van der Waals surface area (Å²) >= 11 is 0. The monoisotopic (exact) mass is 530 g/mol. The highest BCUT2D eigenvalue weighted by Crippen LogP contribution is 2.48. The molecule has 0 radical (unpaired) electrons. The number of hydrogen-bond donors (Lipinski definition) is 1. The third kappa shape index (κ3) is 5.48. The van der Waals surface area contributed by atoms with Crippen molar-refractivity contribution >= 4 is 10.9 Å². The highest BCUT2D eigenvalue weighted by molar-refractivity contribution is 5.82. The molecule has 4 aromatic rings. The van der Waals surface area contributed by atoms with Crippen molar-refractivity contribution in [1.29, 1.82) is 5.26 Å². The Bertz CT molecular complexity index is 1520. The number of pyridine rings is 2. The van der Waals surface area contributed by atoms with E-state index in [-0.39, 0.29) is 23.6 Å². The highest BCUT2D eigenvalue weighted by Gasteiger charge is 2.45. The molecule has 0 bridgehead atoms. The third-order valence-electron chi connectivity index (χ3n) is 6.79. The Hall–Kier alpha value is -4.26. The molecule has 2 aromatic carbocycles. The summed E-state index contributed by atoms with van der Waals surface area (Å²) in [6.07, 6.45) is 1.73. The van der Waals surface area contributed by atoms with Gasteiger partial charge in [0.25, 0.3) is 0 Å². The SMILES string of the molecule is COc1ccnc(C(O)(CCN(C)C)C(c2cc3cc(C#N)ccc3nc2OC)c2cccc(OC)c2F)c1. The third-order valence-corrected chi connectivity index (χ3v) is 6.79. The van der Waals surface area contributed by atoms with Gasteiger partial charge >= 0.3 is 0 Å². The summed E-state index contributed by atoms with van der Waals surface area (Å²) < 4.78 is 32.5. The van der Waals surface area contributed by atoms with Gasteiger partial charge in [-0.1, -0.05) is 12.1 Å². The predicted octanol–water partition coefficient (Wildman–Crippen LogP) is 4.64. The summed E-state index contributed by atoms with van der Waals surface area (Å²) in [7, 11) is 8.17. The van der Waals surface area contributed by atoms with Gasteiger partial charge in [-0.25, -0.2) is 9.37 Å². The number of hydrogen-bond acceptors (Lipinski definition) is 8. The molecule has 0 saturated heterocycles. The molecule has 0 saturated carbocycles. The first-order valence-corrected chi connectivity index (χ1v) is 12.3. The van der Waals surface area contributed by atoms with Crippen molar-refractivity contribution in [3.05, 3.63) is 89.0 Å². The minimum absolute atomic E-state index is 0.0329. The van der Waals surface area contributed by atoms with Gasteiger partial charge in [0.05, 0.1) is 50.1 Å². The van der Waals surface area contributed by atoms with E-state index in [1.807, 2.05) is 19.0 Å². The van der Waals surface area contributed by atoms with Crippen molar-refractivity contribution in [2.75, 3.05) is 42.0 Å². The number of aromatic nitrogens is 2. The Morgan fingerprint density at radius 3 is 2.49 bits per heavy atom. The van der Waals surface area contributed by atoms with E-state index >= 15 is 4.39 Å². The van der Waals surface area contributed by atoms with Crippen LogP contribution in [0, 0.1) is 17.1 Å². The predicted molar refractivity (Wildman–Crippen MR) is 146 cm³/mol. The van der Waals surface area contributed by atoms with Gasteiger partial charge in [0, 0.05) is 35.3 Å². The second-order valence-electron chi connectivity index (χ2n) is 9.46. The largest absolute Gasteiger partial charge is 0.497 e. The fourth-order valence-corrected chi connectivity index (χ4v) is 4.79. The van der Waals surface area contributed by atoms with E-state index in [0.717, 1.165) is 0 Å². The van der Waals surface area contributed by atoms with Crippen LogP contribution < -0.4 is 14.2 Å². The number of nitriles is 1. The van der Waals surface area contributed by atoms with E-state index in [0.29, 0.717) is 40.0 Å². The van der Waals surface area contributed by atoms with E-state index in [1.165, 1.54) is 27.4 Å². The molecule has 9 heteroatoms. The van der Waals surface area contributed by atoms with Crippen molar-refractivity contribution in [3.8, 4) is 23.4 Å². The van der Waals surface area contributed by atoms with Crippen molar-refractivity contribution in [2.45, 2.75) is 17.9 Å². The lowest BCUT2D eigenvalue weighted by Crippen LogP contribution is -2.39. The maximum atomic E-state index is 16.1. The molecule has 2 aromatic heterocycles. The quantitative estimate of drug-likeness (QED) is 0.317. The Labute approximate surface area is 227 Å². The second-order valence-corrected chi connectivity index (χ2v) is 9.46. The zero-order chi connectivity index (χ0) is 28.2. The fourth-order valence-electron chi connectivity index (χ4n) is 4.79. The van der Waals surface area contributed by atoms with Crippen LogP contribution in [0.4, 0.5) is 4.39 Å². The maximum Gasteiger partial charge on any atom is 0.217 e. The molecule has 0 amide bonds. The normalized spacial score (nSPS) is 13.5. The molecule has 2 atom stereocenters. The summed E-state index contributed by atoms with van der Waals surface area (Å²) in [5.74, 6) is -0.916.